The number of carbonyl (C=O) groups is 1. The van der Waals surface area contributed by atoms with Crippen molar-refractivity contribution in [3.8, 4) is 0 Å². The number of anilines is 2. The maximum atomic E-state index is 11.9. The maximum absolute atomic E-state index is 11.9. The quantitative estimate of drug-likeness (QED) is 0.781. The standard InChI is InChI=1S/C17H23N5O2/c1-11-5-12(2)7-13(6-11)15(23)10-20-17(24)21-14-8-18-16(19-9-14)22(3)4/h5-9,15,23H,10H2,1-4H3,(H2,20,21,24)/t15-/m0/s1. The van der Waals surface area contributed by atoms with Crippen LogP contribution in [0.1, 0.15) is 22.8 Å². The van der Waals surface area contributed by atoms with Crippen molar-refractivity contribution in [3.63, 3.8) is 0 Å². The summed E-state index contributed by atoms with van der Waals surface area (Å²) in [4.78, 5) is 21.9. The molecule has 2 amide bonds. The highest BCUT2D eigenvalue weighted by atomic mass is 16.3. The Hall–Kier alpha value is -2.67. The van der Waals surface area contributed by atoms with E-state index in [1.165, 1.54) is 12.4 Å². The molecule has 0 spiro atoms. The van der Waals surface area contributed by atoms with Crippen molar-refractivity contribution in [2.24, 2.45) is 0 Å². The molecule has 0 fully saturated rings. The van der Waals surface area contributed by atoms with E-state index in [2.05, 4.69) is 20.6 Å². The minimum atomic E-state index is -0.762. The van der Waals surface area contributed by atoms with Crippen molar-refractivity contribution in [2.75, 3.05) is 30.9 Å². The predicted molar refractivity (Wildman–Crippen MR) is 94.3 cm³/mol. The van der Waals surface area contributed by atoms with Crippen LogP contribution in [0.15, 0.2) is 30.6 Å². The largest absolute Gasteiger partial charge is 0.387 e. The summed E-state index contributed by atoms with van der Waals surface area (Å²) in [5, 5.41) is 15.5. The van der Waals surface area contributed by atoms with Gasteiger partial charge in [-0.25, -0.2) is 14.8 Å². The van der Waals surface area contributed by atoms with Crippen LogP contribution in [0.3, 0.4) is 0 Å². The number of nitrogens with zero attached hydrogens (tertiary/aromatic N) is 3. The first-order valence-electron chi connectivity index (χ1n) is 7.65. The van der Waals surface area contributed by atoms with Gasteiger partial charge in [0.1, 0.15) is 0 Å². The molecule has 0 aliphatic rings. The van der Waals surface area contributed by atoms with Gasteiger partial charge >= 0.3 is 6.03 Å². The zero-order valence-corrected chi connectivity index (χ0v) is 14.4. The Morgan fingerprint density at radius 1 is 1.17 bits per heavy atom. The van der Waals surface area contributed by atoms with Crippen LogP contribution in [0.5, 0.6) is 0 Å². The number of benzene rings is 1. The number of amides is 2. The number of hydrogen-bond donors (Lipinski definition) is 3. The Morgan fingerprint density at radius 2 is 1.75 bits per heavy atom. The Morgan fingerprint density at radius 3 is 2.29 bits per heavy atom. The van der Waals surface area contributed by atoms with Crippen LogP contribution < -0.4 is 15.5 Å². The third-order valence-electron chi connectivity index (χ3n) is 3.38. The monoisotopic (exact) mass is 329 g/mol. The molecule has 2 rings (SSSR count). The zero-order chi connectivity index (χ0) is 17.7. The number of urea groups is 1. The molecule has 3 N–H and O–H groups in total. The zero-order valence-electron chi connectivity index (χ0n) is 14.4. The van der Waals surface area contributed by atoms with Crippen LogP contribution in [0.4, 0.5) is 16.4 Å². The second kappa shape index (κ2) is 7.74. The summed E-state index contributed by atoms with van der Waals surface area (Å²) < 4.78 is 0. The number of rotatable bonds is 5. The van der Waals surface area contributed by atoms with Gasteiger partial charge in [0.15, 0.2) is 0 Å². The van der Waals surface area contributed by atoms with Crippen molar-refractivity contribution in [1.82, 2.24) is 15.3 Å². The van der Waals surface area contributed by atoms with E-state index in [0.29, 0.717) is 11.6 Å². The minimum absolute atomic E-state index is 0.116. The summed E-state index contributed by atoms with van der Waals surface area (Å²) in [6.45, 7) is 4.06. The molecule has 0 saturated heterocycles. The third kappa shape index (κ3) is 4.92. The molecule has 1 aromatic carbocycles. The molecule has 24 heavy (non-hydrogen) atoms. The normalized spacial score (nSPS) is 11.7. The number of aliphatic hydroxyl groups is 1. The molecule has 2 aromatic rings. The lowest BCUT2D eigenvalue weighted by molar-refractivity contribution is 0.175. The first-order chi connectivity index (χ1) is 11.3. The van der Waals surface area contributed by atoms with Crippen LogP contribution in [0, 0.1) is 13.8 Å². The van der Waals surface area contributed by atoms with E-state index in [-0.39, 0.29) is 6.54 Å². The summed E-state index contributed by atoms with van der Waals surface area (Å²) in [5.41, 5.74) is 3.42. The Labute approximate surface area is 141 Å². The van der Waals surface area contributed by atoms with Crippen molar-refractivity contribution >= 4 is 17.7 Å². The number of carbonyl (C=O) groups excluding carboxylic acids is 1. The molecule has 0 aliphatic heterocycles. The number of hydrogen-bond acceptors (Lipinski definition) is 5. The molecule has 0 saturated carbocycles. The highest BCUT2D eigenvalue weighted by Gasteiger charge is 2.11. The molecule has 1 aromatic heterocycles. The summed E-state index contributed by atoms with van der Waals surface area (Å²) in [6, 6.07) is 5.43. The van der Waals surface area contributed by atoms with Crippen molar-refractivity contribution in [3.05, 3.63) is 47.3 Å². The molecule has 128 valence electrons. The van der Waals surface area contributed by atoms with Gasteiger partial charge in [-0.2, -0.15) is 0 Å². The molecular weight excluding hydrogens is 306 g/mol. The molecule has 0 aliphatic carbocycles. The van der Waals surface area contributed by atoms with E-state index in [0.717, 1.165) is 16.7 Å². The van der Waals surface area contributed by atoms with Crippen molar-refractivity contribution in [1.29, 1.82) is 0 Å². The lowest BCUT2D eigenvalue weighted by atomic mass is 10.0. The topological polar surface area (TPSA) is 90.4 Å². The van der Waals surface area contributed by atoms with Crippen LogP contribution in [0.2, 0.25) is 0 Å². The van der Waals surface area contributed by atoms with Crippen molar-refractivity contribution in [2.45, 2.75) is 20.0 Å². The van der Waals surface area contributed by atoms with Gasteiger partial charge in [0.25, 0.3) is 0 Å². The van der Waals surface area contributed by atoms with Crippen molar-refractivity contribution < 1.29 is 9.90 Å². The Bertz CT molecular complexity index is 680. The number of aryl methyl sites for hydroxylation is 2. The second-order valence-corrected chi connectivity index (χ2v) is 5.94. The fraction of sp³-hybridized carbons (Fsp3) is 0.353. The van der Waals surface area contributed by atoms with E-state index in [9.17, 15) is 9.90 Å². The van der Waals surface area contributed by atoms with Gasteiger partial charge in [0.05, 0.1) is 24.2 Å². The highest BCUT2D eigenvalue weighted by Crippen LogP contribution is 2.16. The maximum Gasteiger partial charge on any atom is 0.319 e. The minimum Gasteiger partial charge on any atom is -0.387 e. The van der Waals surface area contributed by atoms with Gasteiger partial charge in [-0.1, -0.05) is 29.3 Å². The van der Waals surface area contributed by atoms with Gasteiger partial charge in [0.2, 0.25) is 5.95 Å². The summed E-state index contributed by atoms with van der Waals surface area (Å²) in [6.07, 6.45) is 2.30. The first-order valence-corrected chi connectivity index (χ1v) is 7.65. The molecule has 1 atom stereocenters. The molecule has 0 bridgehead atoms. The van der Waals surface area contributed by atoms with E-state index in [1.807, 2.05) is 46.1 Å². The first kappa shape index (κ1) is 17.7. The fourth-order valence-corrected chi connectivity index (χ4v) is 2.30. The van der Waals surface area contributed by atoms with E-state index in [1.54, 1.807) is 4.90 Å². The van der Waals surface area contributed by atoms with Gasteiger partial charge in [-0.15, -0.1) is 0 Å². The number of nitrogens with one attached hydrogen (secondary N) is 2. The smallest absolute Gasteiger partial charge is 0.319 e. The van der Waals surface area contributed by atoms with Gasteiger partial charge in [0, 0.05) is 20.6 Å². The van der Waals surface area contributed by atoms with Crippen LogP contribution >= 0.6 is 0 Å². The predicted octanol–water partition coefficient (Wildman–Crippen LogP) is 2.01. The van der Waals surface area contributed by atoms with E-state index < -0.39 is 12.1 Å². The summed E-state index contributed by atoms with van der Waals surface area (Å²) in [5.74, 6) is 0.561. The molecular formula is C17H23N5O2. The molecule has 0 unspecified atom stereocenters. The van der Waals surface area contributed by atoms with Gasteiger partial charge in [-0.3, -0.25) is 0 Å². The van der Waals surface area contributed by atoms with Gasteiger partial charge < -0.3 is 20.6 Å². The molecule has 7 nitrogen and oxygen atoms in total. The third-order valence-corrected chi connectivity index (χ3v) is 3.38. The summed E-state index contributed by atoms with van der Waals surface area (Å²) in [7, 11) is 3.67. The fourth-order valence-electron chi connectivity index (χ4n) is 2.30. The number of aromatic nitrogens is 2. The molecule has 7 heteroatoms. The van der Waals surface area contributed by atoms with Crippen LogP contribution in [-0.2, 0) is 0 Å². The Balaban J connectivity index is 1.88. The van der Waals surface area contributed by atoms with Gasteiger partial charge in [-0.05, 0) is 19.4 Å². The average Bonchev–Trinajstić information content (AvgIpc) is 2.52. The highest BCUT2D eigenvalue weighted by molar-refractivity contribution is 5.88. The van der Waals surface area contributed by atoms with E-state index in [4.69, 9.17) is 0 Å². The van der Waals surface area contributed by atoms with Crippen LogP contribution in [-0.4, -0.2) is 41.7 Å². The average molecular weight is 329 g/mol. The lowest BCUT2D eigenvalue weighted by Crippen LogP contribution is -2.32. The lowest BCUT2D eigenvalue weighted by Gasteiger charge is -2.14. The molecule has 1 heterocycles. The Kier molecular flexibility index (Phi) is 5.70. The molecule has 0 radical (unpaired) electrons. The number of aliphatic hydroxyl groups excluding tert-OH is 1. The van der Waals surface area contributed by atoms with Crippen LogP contribution in [0.25, 0.3) is 0 Å². The second-order valence-electron chi connectivity index (χ2n) is 5.94. The SMILES string of the molecule is Cc1cc(C)cc([C@@H](O)CNC(=O)Nc2cnc(N(C)C)nc2)c1. The summed E-state index contributed by atoms with van der Waals surface area (Å²) >= 11 is 0. The van der Waals surface area contributed by atoms with E-state index >= 15 is 0 Å².